The fourth-order valence-electron chi connectivity index (χ4n) is 7.77. The molecule has 1 heterocycles. The molecule has 12 nitrogen and oxygen atoms in total. The predicted molar refractivity (Wildman–Crippen MR) is 279 cm³/mol. The molecule has 3 saturated carbocycles. The number of terminal acetylenes is 1. The molecule has 392 valence electrons. The Hall–Kier alpha value is -2.48. The van der Waals surface area contributed by atoms with Gasteiger partial charge in [0.15, 0.2) is 5.79 Å². The number of aliphatic hydroxyl groups is 8. The Balaban J connectivity index is 0. The molecule has 4 fully saturated rings. The fourth-order valence-corrected chi connectivity index (χ4v) is 8.04. The molecule has 0 aromatic carbocycles. The molecule has 6 unspecified atom stereocenters. The Morgan fingerprint density at radius 2 is 1.06 bits per heavy atom. The molecule has 0 aromatic heterocycles. The number of ether oxygens (including phenoxy) is 2. The minimum atomic E-state index is -0.803. The Labute approximate surface area is 431 Å². The van der Waals surface area contributed by atoms with E-state index in [1.54, 1.807) is 0 Å². The highest BCUT2D eigenvalue weighted by Crippen LogP contribution is 2.48. The van der Waals surface area contributed by atoms with Crippen molar-refractivity contribution >= 4 is 27.7 Å². The molecule has 0 spiro atoms. The van der Waals surface area contributed by atoms with Gasteiger partial charge in [-0.1, -0.05) is 89.9 Å². The monoisotopic (exact) mass is 1050 g/mol. The van der Waals surface area contributed by atoms with Gasteiger partial charge >= 0.3 is 0 Å². The molecule has 1 saturated heterocycles. The molecule has 4 aliphatic rings. The van der Waals surface area contributed by atoms with Crippen LogP contribution in [0.15, 0.2) is 0 Å². The minimum absolute atomic E-state index is 0.0262. The van der Waals surface area contributed by atoms with Gasteiger partial charge < -0.3 is 55.5 Å². The minimum Gasteiger partial charge on any atom is -0.400 e. The van der Waals surface area contributed by atoms with Crippen molar-refractivity contribution in [1.29, 1.82) is 0 Å². The largest absolute Gasteiger partial charge is 0.400 e. The van der Waals surface area contributed by atoms with Crippen LogP contribution in [-0.4, -0.2) is 114 Å². The van der Waals surface area contributed by atoms with Crippen LogP contribution in [0.25, 0.3) is 0 Å². The zero-order valence-electron chi connectivity index (χ0n) is 42.8. The molecular weight excluding hydrogens is 966 g/mol. The number of nitrogens with one attached hydrogen (secondary N) is 1. The summed E-state index contributed by atoms with van der Waals surface area (Å²) >= 11 is 7.17. The topological polar surface area (TPSA) is 213 Å². The molecule has 69 heavy (non-hydrogen) atoms. The van der Waals surface area contributed by atoms with Crippen LogP contribution in [0.5, 0.6) is 0 Å². The van der Waals surface area contributed by atoms with Crippen LogP contribution in [0.2, 0.25) is 0 Å². The van der Waals surface area contributed by atoms with Crippen LogP contribution >= 0.6 is 27.7 Å². The maximum absolute atomic E-state index is 9.90. The summed E-state index contributed by atoms with van der Waals surface area (Å²) in [7, 11) is 1.00. The van der Waals surface area contributed by atoms with Gasteiger partial charge in [0.05, 0.1) is 50.0 Å². The normalized spacial score (nSPS) is 25.4. The molecule has 1 aliphatic heterocycles. The second kappa shape index (κ2) is 42.1. The van der Waals surface area contributed by atoms with Gasteiger partial charge in [-0.3, -0.25) is 0 Å². The highest BCUT2D eigenvalue weighted by Gasteiger charge is 2.46. The van der Waals surface area contributed by atoms with Gasteiger partial charge in [-0.15, -0.1) is 17.3 Å². The SMILES string of the molecule is C#CC[C@@H](O)[C@H](O)CC1CC1CC[CH2+].CCCC1CC1C[C@@H](O)[C@H](O)CC#CC#C[C@@H](O)CC.CCCC1CC1C[C@H]1OC(C)(C)O[C@@H]1CC#CC#C[C@@H](O)CC.CC[C@H](O)C#CBr.CO.ONCl. The lowest BCUT2D eigenvalue weighted by molar-refractivity contribution is -0.146. The molecule has 0 aromatic rings. The number of hydrogen-bond acceptors (Lipinski definition) is 12. The van der Waals surface area contributed by atoms with E-state index in [2.05, 4.69) is 113 Å². The molecular formula is C55H88BrClNO11+. The van der Waals surface area contributed by atoms with Crippen LogP contribution in [0, 0.1) is 113 Å². The molecule has 0 bridgehead atoms. The summed E-state index contributed by atoms with van der Waals surface area (Å²) in [4.78, 5) is 3.65. The first-order chi connectivity index (χ1) is 32.9. The van der Waals surface area contributed by atoms with Crippen LogP contribution in [0.3, 0.4) is 0 Å². The lowest BCUT2D eigenvalue weighted by Gasteiger charge is -2.16. The van der Waals surface area contributed by atoms with Gasteiger partial charge in [-0.05, 0) is 142 Å². The van der Waals surface area contributed by atoms with E-state index in [1.165, 1.54) is 49.9 Å². The summed E-state index contributed by atoms with van der Waals surface area (Å²) < 4.78 is 12.1. The highest BCUT2D eigenvalue weighted by atomic mass is 79.9. The van der Waals surface area contributed by atoms with Gasteiger partial charge in [0.2, 0.25) is 0 Å². The standard InChI is InChI=1S/C20H30O3.C17H26O3.C12H19O2.C5H7BrO.CH4O.ClH2NO/c1-5-10-15-13-16(15)14-19-18(22-20(3,4)23-19)12-9-7-8-11-17(21)6-2;1-3-8-13-11-14(13)12-17(20)16(19)10-7-5-6-9-15(18)4-2;1-3-5-9-7-10(9)8-12(14)11(13)6-4-2;1-2-5(7)3-4-6;1-2;1-2-3/h15-19,21H,5-6,10,12-14H2,1-4H3;13-20H,3-4,8,10-12H2,1-2H3;2,9-14H,1,3,5-8H2;5,7H,2H2,1H3;2H,1H3;2-3H/q;;+1;;;/t15?,16?,17-,18+,19+;13?,14?,15-,16+,17+;9?,10?,11-,12-;5-;;/m0010../s1. The number of hydrogen-bond donors (Lipinski definition) is 10. The van der Waals surface area contributed by atoms with E-state index in [-0.39, 0.29) is 25.0 Å². The van der Waals surface area contributed by atoms with Crippen molar-refractivity contribution in [3.63, 3.8) is 0 Å². The third-order valence-electron chi connectivity index (χ3n) is 12.0. The maximum Gasteiger partial charge on any atom is 0.163 e. The summed E-state index contributed by atoms with van der Waals surface area (Å²) in [5.41, 5.74) is 0. The average molecular weight is 1050 g/mol. The predicted octanol–water partition coefficient (Wildman–Crippen LogP) is 7.42. The van der Waals surface area contributed by atoms with E-state index >= 15 is 0 Å². The van der Waals surface area contributed by atoms with E-state index in [0.717, 1.165) is 50.0 Å². The number of rotatable bonds is 20. The first-order valence-corrected chi connectivity index (χ1v) is 26.0. The smallest absolute Gasteiger partial charge is 0.163 e. The molecule has 15 atom stereocenters. The third-order valence-corrected chi connectivity index (χ3v) is 12.2. The lowest BCUT2D eigenvalue weighted by Crippen LogP contribution is -2.26. The van der Waals surface area contributed by atoms with Crippen molar-refractivity contribution in [1.82, 2.24) is 5.00 Å². The molecule has 3 aliphatic carbocycles. The van der Waals surface area contributed by atoms with Crippen molar-refractivity contribution in [3.05, 3.63) is 6.92 Å². The van der Waals surface area contributed by atoms with E-state index < -0.39 is 48.5 Å². The Bertz CT molecular complexity index is 1690. The van der Waals surface area contributed by atoms with Crippen LogP contribution in [0.1, 0.15) is 164 Å². The van der Waals surface area contributed by atoms with Crippen molar-refractivity contribution in [3.8, 4) is 70.5 Å². The lowest BCUT2D eigenvalue weighted by atomic mass is 10.0. The van der Waals surface area contributed by atoms with Gasteiger partial charge in [-0.2, -0.15) is 0 Å². The van der Waals surface area contributed by atoms with Crippen LogP contribution in [-0.2, 0) is 9.47 Å². The molecule has 14 heteroatoms. The Morgan fingerprint density at radius 3 is 1.49 bits per heavy atom. The molecule has 0 amide bonds. The molecule has 0 radical (unpaired) electrons. The average Bonchev–Trinajstić information content (AvgIpc) is 4.29. The molecule has 4 rings (SSSR count). The summed E-state index contributed by atoms with van der Waals surface area (Å²) in [5, 5.41) is 80.0. The fraction of sp³-hybridized carbons (Fsp3) is 0.764. The quantitative estimate of drug-likeness (QED) is 0.0250. The van der Waals surface area contributed by atoms with Crippen molar-refractivity contribution in [2.75, 3.05) is 7.11 Å². The van der Waals surface area contributed by atoms with Gasteiger partial charge in [0, 0.05) is 54.1 Å². The number of aliphatic hydroxyl groups excluding tert-OH is 8. The summed E-state index contributed by atoms with van der Waals surface area (Å²) in [5.74, 6) is 30.4. The summed E-state index contributed by atoms with van der Waals surface area (Å²) in [6, 6.07) is 0. The Kier molecular flexibility index (Phi) is 41.8. The summed E-state index contributed by atoms with van der Waals surface area (Å²) in [6.07, 6.45) is 16.9. The third kappa shape index (κ3) is 35.3. The van der Waals surface area contributed by atoms with Gasteiger partial charge in [0.25, 0.3) is 0 Å². The van der Waals surface area contributed by atoms with Gasteiger partial charge in [0.1, 0.15) is 18.3 Å². The van der Waals surface area contributed by atoms with Crippen LogP contribution in [0.4, 0.5) is 0 Å². The summed E-state index contributed by atoms with van der Waals surface area (Å²) in [6.45, 7) is 17.8. The second-order valence-electron chi connectivity index (χ2n) is 18.2. The van der Waals surface area contributed by atoms with E-state index in [0.29, 0.717) is 50.4 Å². The van der Waals surface area contributed by atoms with Crippen molar-refractivity contribution < 1.29 is 55.5 Å². The first kappa shape index (κ1) is 68.6. The van der Waals surface area contributed by atoms with Crippen molar-refractivity contribution in [2.45, 2.75) is 225 Å². The molecule has 10 N–H and O–H groups in total. The van der Waals surface area contributed by atoms with E-state index in [4.69, 9.17) is 31.3 Å². The second-order valence-corrected chi connectivity index (χ2v) is 18.8. The zero-order chi connectivity index (χ0) is 52.8. The van der Waals surface area contributed by atoms with E-state index in [9.17, 15) is 30.6 Å². The highest BCUT2D eigenvalue weighted by molar-refractivity contribution is 9.12. The first-order valence-electron chi connectivity index (χ1n) is 24.8. The van der Waals surface area contributed by atoms with Crippen molar-refractivity contribution in [2.24, 2.45) is 35.5 Å². The maximum atomic E-state index is 9.90. The van der Waals surface area contributed by atoms with Crippen LogP contribution < -0.4 is 5.00 Å². The van der Waals surface area contributed by atoms with E-state index in [1.807, 2.05) is 34.6 Å². The Morgan fingerprint density at radius 1 is 0.638 bits per heavy atom. The number of halogens is 2. The zero-order valence-corrected chi connectivity index (χ0v) is 45.1. The van der Waals surface area contributed by atoms with Gasteiger partial charge in [-0.25, -0.2) is 0 Å².